The smallest absolute Gasteiger partial charge is 0.308 e. The van der Waals surface area contributed by atoms with Crippen molar-refractivity contribution < 1.29 is 18.9 Å². The van der Waals surface area contributed by atoms with E-state index in [-0.39, 0.29) is 17.8 Å². The Balaban J connectivity index is 1.53. The third kappa shape index (κ3) is 5.95. The van der Waals surface area contributed by atoms with Crippen molar-refractivity contribution in [2.24, 2.45) is 5.92 Å². The first kappa shape index (κ1) is 25.9. The fraction of sp³-hybridized carbons (Fsp3) is 0.360. The Hall–Kier alpha value is -2.23. The van der Waals surface area contributed by atoms with Crippen molar-refractivity contribution in [2.45, 2.75) is 36.6 Å². The molecule has 1 aliphatic rings. The molecule has 2 unspecified atom stereocenters. The Labute approximate surface area is 217 Å². The summed E-state index contributed by atoms with van der Waals surface area (Å²) in [6.07, 6.45) is 3.67. The summed E-state index contributed by atoms with van der Waals surface area (Å²) in [6.45, 7) is 0.878. The summed E-state index contributed by atoms with van der Waals surface area (Å²) >= 11 is 11.0. The van der Waals surface area contributed by atoms with Gasteiger partial charge in [0.2, 0.25) is 5.91 Å². The molecule has 0 bridgehead atoms. The van der Waals surface area contributed by atoms with Crippen LogP contribution in [0.15, 0.2) is 53.6 Å². The number of amides is 1. The van der Waals surface area contributed by atoms with Crippen molar-refractivity contribution in [1.82, 2.24) is 14.6 Å². The molecule has 1 fully saturated rings. The molecule has 35 heavy (non-hydrogen) atoms. The summed E-state index contributed by atoms with van der Waals surface area (Å²) in [6, 6.07) is 12.2. The monoisotopic (exact) mass is 535 g/mol. The fourth-order valence-corrected chi connectivity index (χ4v) is 6.17. The number of methoxy groups -OCH3 is 1. The number of carbonyl (C=O) groups excluding carboxylic acids is 2. The molecule has 0 saturated carbocycles. The maximum atomic E-state index is 13.5. The number of likely N-dealkylation sites (tertiary alicyclic amines) is 1. The number of carbonyl (C=O) groups is 2. The summed E-state index contributed by atoms with van der Waals surface area (Å²) in [4.78, 5) is 30.7. The maximum absolute atomic E-state index is 13.5. The van der Waals surface area contributed by atoms with E-state index < -0.39 is 17.4 Å². The van der Waals surface area contributed by atoms with Gasteiger partial charge in [-0.2, -0.15) is 0 Å². The van der Waals surface area contributed by atoms with Crippen LogP contribution in [0.4, 0.5) is 0 Å². The van der Waals surface area contributed by atoms with Crippen molar-refractivity contribution in [1.29, 1.82) is 0 Å². The van der Waals surface area contributed by atoms with Crippen molar-refractivity contribution >= 4 is 57.3 Å². The first-order valence-electron chi connectivity index (χ1n) is 11.4. The highest BCUT2D eigenvalue weighted by Gasteiger charge is 2.34. The van der Waals surface area contributed by atoms with Crippen LogP contribution in [0.25, 0.3) is 10.9 Å². The Bertz CT molecular complexity index is 1200. The van der Waals surface area contributed by atoms with Gasteiger partial charge in [0, 0.05) is 24.3 Å². The van der Waals surface area contributed by atoms with Gasteiger partial charge in [-0.25, -0.2) is 0 Å². The number of hydrogen-bond donors (Lipinski definition) is 2. The molecule has 0 radical (unpaired) electrons. The van der Waals surface area contributed by atoms with Crippen LogP contribution in [0.3, 0.4) is 0 Å². The van der Waals surface area contributed by atoms with Gasteiger partial charge in [0.05, 0.1) is 40.3 Å². The molecule has 2 heterocycles. The lowest BCUT2D eigenvalue weighted by Gasteiger charge is -2.33. The van der Waals surface area contributed by atoms with Gasteiger partial charge in [0.25, 0.3) is 0 Å². The van der Waals surface area contributed by atoms with Crippen LogP contribution in [0.2, 0.25) is 10.0 Å². The minimum atomic E-state index is -1.69. The van der Waals surface area contributed by atoms with Crippen LogP contribution in [0, 0.1) is 5.92 Å². The summed E-state index contributed by atoms with van der Waals surface area (Å²) in [7, 11) is 1.38. The lowest BCUT2D eigenvalue weighted by Crippen LogP contribution is -2.51. The molecule has 10 heteroatoms. The van der Waals surface area contributed by atoms with Gasteiger partial charge in [-0.15, -0.1) is 4.72 Å². The SMILES string of the molecule is COC(=O)C1CCN(C(=O)C(CCc2ccccc2Cl)N[S+]([O-])c2cccc3[nH]cc(Cl)c23)CC1. The Kier molecular flexibility index (Phi) is 8.62. The molecule has 4 rings (SSSR count). The highest BCUT2D eigenvalue weighted by atomic mass is 35.5. The number of fused-ring (bicyclic) bond motifs is 1. The predicted molar refractivity (Wildman–Crippen MR) is 138 cm³/mol. The lowest BCUT2D eigenvalue weighted by molar-refractivity contribution is -0.149. The second-order valence-electron chi connectivity index (χ2n) is 8.51. The van der Waals surface area contributed by atoms with Gasteiger partial charge in [-0.05, 0) is 49.4 Å². The zero-order valence-corrected chi connectivity index (χ0v) is 21.6. The van der Waals surface area contributed by atoms with E-state index >= 15 is 0 Å². The summed E-state index contributed by atoms with van der Waals surface area (Å²) < 4.78 is 21.3. The van der Waals surface area contributed by atoms with E-state index in [0.29, 0.717) is 59.1 Å². The zero-order valence-electron chi connectivity index (χ0n) is 19.3. The van der Waals surface area contributed by atoms with E-state index in [1.807, 2.05) is 30.3 Å². The zero-order chi connectivity index (χ0) is 24.9. The van der Waals surface area contributed by atoms with Gasteiger partial charge < -0.3 is 19.2 Å². The summed E-state index contributed by atoms with van der Waals surface area (Å²) in [5.74, 6) is -0.606. The Morgan fingerprint density at radius 3 is 2.63 bits per heavy atom. The number of aromatic amines is 1. The number of nitrogens with zero attached hydrogens (tertiary/aromatic N) is 1. The molecule has 7 nitrogen and oxygen atoms in total. The van der Waals surface area contributed by atoms with Crippen molar-refractivity contribution in [2.75, 3.05) is 20.2 Å². The molecule has 3 aromatic rings. The average Bonchev–Trinajstić information content (AvgIpc) is 3.27. The van der Waals surface area contributed by atoms with Crippen LogP contribution < -0.4 is 4.72 Å². The highest BCUT2D eigenvalue weighted by molar-refractivity contribution is 7.89. The first-order chi connectivity index (χ1) is 16.9. The van der Waals surface area contributed by atoms with Crippen LogP contribution >= 0.6 is 23.2 Å². The molecule has 1 aliphatic heterocycles. The van der Waals surface area contributed by atoms with Crippen molar-refractivity contribution in [3.8, 4) is 0 Å². The highest BCUT2D eigenvalue weighted by Crippen LogP contribution is 2.30. The van der Waals surface area contributed by atoms with Crippen LogP contribution in [0.5, 0.6) is 0 Å². The number of aromatic nitrogens is 1. The third-order valence-electron chi connectivity index (χ3n) is 6.37. The molecule has 1 saturated heterocycles. The van der Waals surface area contributed by atoms with E-state index in [9.17, 15) is 14.1 Å². The lowest BCUT2D eigenvalue weighted by atomic mass is 9.96. The number of esters is 1. The van der Waals surface area contributed by atoms with E-state index in [0.717, 1.165) is 11.1 Å². The van der Waals surface area contributed by atoms with Gasteiger partial charge in [-0.1, -0.05) is 47.5 Å². The number of aryl methyl sites for hydroxylation is 1. The molecule has 0 aliphatic carbocycles. The minimum Gasteiger partial charge on any atom is -0.593 e. The number of halogens is 2. The van der Waals surface area contributed by atoms with Gasteiger partial charge >= 0.3 is 5.97 Å². The molecule has 2 atom stereocenters. The normalized spacial score (nSPS) is 16.3. The molecule has 186 valence electrons. The van der Waals surface area contributed by atoms with Crippen LogP contribution in [-0.4, -0.2) is 52.6 Å². The molecule has 2 N–H and O–H groups in total. The van der Waals surface area contributed by atoms with Crippen LogP contribution in [-0.2, 0) is 32.1 Å². The Morgan fingerprint density at radius 1 is 1.17 bits per heavy atom. The van der Waals surface area contributed by atoms with E-state index in [2.05, 4.69) is 9.71 Å². The van der Waals surface area contributed by atoms with Crippen molar-refractivity contribution in [3.05, 3.63) is 64.3 Å². The number of benzene rings is 2. The number of H-pyrrole nitrogens is 1. The largest absolute Gasteiger partial charge is 0.593 e. The molecule has 1 amide bonds. The number of hydrogen-bond acceptors (Lipinski definition) is 5. The van der Waals surface area contributed by atoms with Gasteiger partial charge in [0.15, 0.2) is 4.90 Å². The topological polar surface area (TPSA) is 97.5 Å². The molecular weight excluding hydrogens is 509 g/mol. The second kappa shape index (κ2) is 11.7. The van der Waals surface area contributed by atoms with Crippen molar-refractivity contribution in [3.63, 3.8) is 0 Å². The standard InChI is InChI=1S/C25H27Cl2N3O4S/c1-34-25(32)17-11-13-30(14-12-17)24(31)21(10-9-16-5-2-3-6-18(16)26)29-35(33)22-8-4-7-20-23(22)19(27)15-28-20/h2-8,15,17,21,28-29H,9-14H2,1H3. The molecule has 2 aromatic carbocycles. The number of piperidine rings is 1. The van der Waals surface area contributed by atoms with Crippen LogP contribution in [0.1, 0.15) is 24.8 Å². The predicted octanol–water partition coefficient (Wildman–Crippen LogP) is 4.50. The Morgan fingerprint density at radius 2 is 1.91 bits per heavy atom. The third-order valence-corrected chi connectivity index (χ3v) is 8.27. The molecule has 0 spiro atoms. The quantitative estimate of drug-likeness (QED) is 0.327. The summed E-state index contributed by atoms with van der Waals surface area (Å²) in [5, 5.41) is 1.76. The average molecular weight is 536 g/mol. The van der Waals surface area contributed by atoms with Gasteiger partial charge in [0.1, 0.15) is 6.04 Å². The maximum Gasteiger partial charge on any atom is 0.308 e. The fourth-order valence-electron chi connectivity index (χ4n) is 4.41. The second-order valence-corrected chi connectivity index (χ2v) is 10.5. The first-order valence-corrected chi connectivity index (χ1v) is 13.3. The van der Waals surface area contributed by atoms with Gasteiger partial charge in [-0.3, -0.25) is 9.59 Å². The minimum absolute atomic E-state index is 0.152. The van der Waals surface area contributed by atoms with E-state index in [1.54, 1.807) is 23.2 Å². The van der Waals surface area contributed by atoms with E-state index in [4.69, 9.17) is 27.9 Å². The molecule has 1 aromatic heterocycles. The molecular formula is C25H27Cl2N3O4S. The van der Waals surface area contributed by atoms with E-state index in [1.165, 1.54) is 7.11 Å². The summed E-state index contributed by atoms with van der Waals surface area (Å²) in [5.41, 5.74) is 1.69. The number of rotatable bonds is 8. The number of nitrogens with one attached hydrogen (secondary N) is 2. The number of ether oxygens (including phenoxy) is 1.